The predicted octanol–water partition coefficient (Wildman–Crippen LogP) is 2.46. The van der Waals surface area contributed by atoms with Crippen LogP contribution in [0.3, 0.4) is 0 Å². The van der Waals surface area contributed by atoms with Crippen LogP contribution in [0.25, 0.3) is 0 Å². The lowest BCUT2D eigenvalue weighted by Gasteiger charge is -2.08. The van der Waals surface area contributed by atoms with Crippen molar-refractivity contribution < 1.29 is 14.0 Å². The standard InChI is InChI=1S/C18H19FN2O2/c1-13-5-4-6-14(9-13)11-20-17(22)10-18(23)21-12-15-7-2-3-8-16(15)19/h2-9H,10-12H2,1H3,(H,20,22)(H,21,23). The van der Waals surface area contributed by atoms with E-state index in [0.717, 1.165) is 11.1 Å². The lowest BCUT2D eigenvalue weighted by Crippen LogP contribution is -2.31. The third-order valence-electron chi connectivity index (χ3n) is 3.33. The number of nitrogens with one attached hydrogen (secondary N) is 2. The fourth-order valence-electron chi connectivity index (χ4n) is 2.13. The molecule has 0 radical (unpaired) electrons. The second kappa shape index (κ2) is 8.08. The Balaban J connectivity index is 1.74. The maximum Gasteiger partial charge on any atom is 0.229 e. The van der Waals surface area contributed by atoms with Crippen LogP contribution in [0.1, 0.15) is 23.1 Å². The summed E-state index contributed by atoms with van der Waals surface area (Å²) >= 11 is 0. The summed E-state index contributed by atoms with van der Waals surface area (Å²) < 4.78 is 13.4. The number of rotatable bonds is 6. The van der Waals surface area contributed by atoms with Crippen molar-refractivity contribution in [2.24, 2.45) is 0 Å². The minimum Gasteiger partial charge on any atom is -0.352 e. The first-order valence-corrected chi connectivity index (χ1v) is 7.37. The largest absolute Gasteiger partial charge is 0.352 e. The average Bonchev–Trinajstić information content (AvgIpc) is 2.52. The van der Waals surface area contributed by atoms with Gasteiger partial charge >= 0.3 is 0 Å². The van der Waals surface area contributed by atoms with E-state index in [1.165, 1.54) is 6.07 Å². The van der Waals surface area contributed by atoms with Crippen LogP contribution in [0.4, 0.5) is 4.39 Å². The molecule has 0 aliphatic heterocycles. The van der Waals surface area contributed by atoms with Gasteiger partial charge in [0.1, 0.15) is 12.2 Å². The molecule has 0 heterocycles. The molecule has 0 fully saturated rings. The quantitative estimate of drug-likeness (QED) is 0.805. The summed E-state index contributed by atoms with van der Waals surface area (Å²) in [5, 5.41) is 5.23. The van der Waals surface area contributed by atoms with E-state index in [4.69, 9.17) is 0 Å². The van der Waals surface area contributed by atoms with Gasteiger partial charge in [0.25, 0.3) is 0 Å². The highest BCUT2D eigenvalue weighted by Crippen LogP contribution is 2.06. The van der Waals surface area contributed by atoms with Gasteiger partial charge in [-0.05, 0) is 18.6 Å². The molecule has 4 nitrogen and oxygen atoms in total. The van der Waals surface area contributed by atoms with E-state index < -0.39 is 5.91 Å². The Labute approximate surface area is 134 Å². The van der Waals surface area contributed by atoms with E-state index in [-0.39, 0.29) is 24.7 Å². The zero-order chi connectivity index (χ0) is 16.7. The third kappa shape index (κ3) is 5.54. The number of benzene rings is 2. The maximum absolute atomic E-state index is 13.4. The summed E-state index contributed by atoms with van der Waals surface area (Å²) in [5.41, 5.74) is 2.48. The fraction of sp³-hybridized carbons (Fsp3) is 0.222. The molecule has 0 saturated heterocycles. The zero-order valence-electron chi connectivity index (χ0n) is 12.9. The Morgan fingerprint density at radius 2 is 1.65 bits per heavy atom. The van der Waals surface area contributed by atoms with Crippen LogP contribution in [-0.2, 0) is 22.7 Å². The first kappa shape index (κ1) is 16.7. The summed E-state index contributed by atoms with van der Waals surface area (Å²) in [5.74, 6) is -1.18. The number of amides is 2. The Morgan fingerprint density at radius 3 is 2.35 bits per heavy atom. The lowest BCUT2D eigenvalue weighted by atomic mass is 10.1. The highest BCUT2D eigenvalue weighted by atomic mass is 19.1. The van der Waals surface area contributed by atoms with Crippen LogP contribution in [0, 0.1) is 12.7 Å². The normalized spacial score (nSPS) is 10.2. The zero-order valence-corrected chi connectivity index (χ0v) is 12.9. The van der Waals surface area contributed by atoms with Crippen molar-refractivity contribution in [2.45, 2.75) is 26.4 Å². The monoisotopic (exact) mass is 314 g/mol. The van der Waals surface area contributed by atoms with E-state index in [1.54, 1.807) is 18.2 Å². The van der Waals surface area contributed by atoms with E-state index in [9.17, 15) is 14.0 Å². The van der Waals surface area contributed by atoms with Gasteiger partial charge in [-0.2, -0.15) is 0 Å². The molecule has 0 spiro atoms. The molecule has 2 aromatic carbocycles. The van der Waals surface area contributed by atoms with Gasteiger partial charge in [0.15, 0.2) is 0 Å². The highest BCUT2D eigenvalue weighted by molar-refractivity contribution is 5.96. The molecule has 0 bridgehead atoms. The van der Waals surface area contributed by atoms with E-state index in [0.29, 0.717) is 12.1 Å². The van der Waals surface area contributed by atoms with Crippen LogP contribution in [0.5, 0.6) is 0 Å². The van der Waals surface area contributed by atoms with E-state index in [1.807, 2.05) is 31.2 Å². The van der Waals surface area contributed by atoms with Gasteiger partial charge in [0.05, 0.1) is 0 Å². The first-order chi connectivity index (χ1) is 11.0. The molecule has 0 atom stereocenters. The van der Waals surface area contributed by atoms with Crippen LogP contribution in [0.2, 0.25) is 0 Å². The molecule has 0 saturated carbocycles. The molecule has 2 N–H and O–H groups in total. The number of hydrogen-bond donors (Lipinski definition) is 2. The minimum absolute atomic E-state index is 0.0661. The molecule has 2 amide bonds. The van der Waals surface area contributed by atoms with Crippen molar-refractivity contribution >= 4 is 11.8 Å². The molecule has 0 aliphatic carbocycles. The number of halogens is 1. The Bertz CT molecular complexity index is 701. The molecule has 0 unspecified atom stereocenters. The van der Waals surface area contributed by atoms with Crippen LogP contribution >= 0.6 is 0 Å². The van der Waals surface area contributed by atoms with Crippen molar-refractivity contribution in [1.29, 1.82) is 0 Å². The summed E-state index contributed by atoms with van der Waals surface area (Å²) in [6, 6.07) is 14.0. The van der Waals surface area contributed by atoms with Crippen molar-refractivity contribution in [3.63, 3.8) is 0 Å². The summed E-state index contributed by atoms with van der Waals surface area (Å²) in [6.45, 7) is 2.42. The molecule has 2 aromatic rings. The summed E-state index contributed by atoms with van der Waals surface area (Å²) in [7, 11) is 0. The van der Waals surface area contributed by atoms with Crippen molar-refractivity contribution in [3.05, 3.63) is 71.0 Å². The summed E-state index contributed by atoms with van der Waals surface area (Å²) in [4.78, 5) is 23.5. The summed E-state index contributed by atoms with van der Waals surface area (Å²) in [6.07, 6.45) is -0.278. The van der Waals surface area contributed by atoms with E-state index in [2.05, 4.69) is 10.6 Å². The SMILES string of the molecule is Cc1cccc(CNC(=O)CC(=O)NCc2ccccc2F)c1. The second-order valence-corrected chi connectivity index (χ2v) is 5.31. The molecule has 0 aliphatic rings. The van der Waals surface area contributed by atoms with Gasteiger partial charge in [0, 0.05) is 18.7 Å². The average molecular weight is 314 g/mol. The molecular weight excluding hydrogens is 295 g/mol. The number of hydrogen-bond acceptors (Lipinski definition) is 2. The fourth-order valence-corrected chi connectivity index (χ4v) is 2.13. The minimum atomic E-state index is -0.435. The predicted molar refractivity (Wildman–Crippen MR) is 85.9 cm³/mol. The van der Waals surface area contributed by atoms with E-state index >= 15 is 0 Å². The molecule has 23 heavy (non-hydrogen) atoms. The highest BCUT2D eigenvalue weighted by Gasteiger charge is 2.10. The van der Waals surface area contributed by atoms with Gasteiger partial charge in [-0.15, -0.1) is 0 Å². The Hall–Kier alpha value is -2.69. The van der Waals surface area contributed by atoms with Crippen molar-refractivity contribution in [3.8, 4) is 0 Å². The van der Waals surface area contributed by atoms with Crippen LogP contribution < -0.4 is 10.6 Å². The number of carbonyl (C=O) groups excluding carboxylic acids is 2. The maximum atomic E-state index is 13.4. The Morgan fingerprint density at radius 1 is 0.957 bits per heavy atom. The van der Waals surface area contributed by atoms with Crippen LogP contribution in [-0.4, -0.2) is 11.8 Å². The first-order valence-electron chi connectivity index (χ1n) is 7.37. The lowest BCUT2D eigenvalue weighted by molar-refractivity contribution is -0.129. The van der Waals surface area contributed by atoms with Crippen LogP contribution in [0.15, 0.2) is 48.5 Å². The topological polar surface area (TPSA) is 58.2 Å². The van der Waals surface area contributed by atoms with Gasteiger partial charge in [-0.1, -0.05) is 48.0 Å². The Kier molecular flexibility index (Phi) is 5.86. The van der Waals surface area contributed by atoms with Crippen molar-refractivity contribution in [1.82, 2.24) is 10.6 Å². The third-order valence-corrected chi connectivity index (χ3v) is 3.33. The van der Waals surface area contributed by atoms with Gasteiger partial charge < -0.3 is 10.6 Å². The van der Waals surface area contributed by atoms with Crippen molar-refractivity contribution in [2.75, 3.05) is 0 Å². The molecule has 2 rings (SSSR count). The molecule has 120 valence electrons. The van der Waals surface area contributed by atoms with Gasteiger partial charge in [-0.3, -0.25) is 9.59 Å². The number of carbonyl (C=O) groups is 2. The molecule has 5 heteroatoms. The number of aryl methyl sites for hydroxylation is 1. The second-order valence-electron chi connectivity index (χ2n) is 5.31. The smallest absolute Gasteiger partial charge is 0.229 e. The van der Waals surface area contributed by atoms with Gasteiger partial charge in [-0.25, -0.2) is 4.39 Å². The van der Waals surface area contributed by atoms with Gasteiger partial charge in [0.2, 0.25) is 11.8 Å². The molecule has 0 aromatic heterocycles. The molecular formula is C18H19FN2O2.